The Bertz CT molecular complexity index is 4170. The number of nitrogens with one attached hydrogen (secondary N) is 6. The van der Waals surface area contributed by atoms with E-state index in [-0.39, 0.29) is 68.5 Å². The van der Waals surface area contributed by atoms with Gasteiger partial charge >= 0.3 is 12.1 Å². The minimum absolute atomic E-state index is 0.0306. The van der Waals surface area contributed by atoms with Gasteiger partial charge in [-0.15, -0.1) is 0 Å². The predicted octanol–water partition coefficient (Wildman–Crippen LogP) is 9.06. The number of hydrogen-bond donors (Lipinski definition) is 6. The van der Waals surface area contributed by atoms with Crippen molar-refractivity contribution < 1.29 is 38.1 Å². The molecular weight excluding hydrogens is 1200 g/mol. The topological polar surface area (TPSA) is 239 Å². The number of aromatic amines is 1. The number of methoxy groups -OCH3 is 1. The lowest BCUT2D eigenvalue weighted by molar-refractivity contribution is -0.124. The molecule has 1 unspecified atom stereocenters. The summed E-state index contributed by atoms with van der Waals surface area (Å²) in [5.41, 5.74) is 8.64. The fourth-order valence-electron chi connectivity index (χ4n) is 13.5. The monoisotopic (exact) mass is 1280 g/mol. The summed E-state index contributed by atoms with van der Waals surface area (Å²) in [5, 5.41) is 16.2. The number of aryl methyl sites for hydroxylation is 1. The summed E-state index contributed by atoms with van der Waals surface area (Å²) in [6.07, 6.45) is 8.54. The third kappa shape index (κ3) is 14.8. The maximum absolute atomic E-state index is 13.4. The number of aromatic nitrogens is 4. The van der Waals surface area contributed by atoms with E-state index in [9.17, 15) is 24.0 Å². The molecule has 6 N–H and O–H groups in total. The number of hydrogen-bond acceptors (Lipinski definition) is 15. The van der Waals surface area contributed by atoms with E-state index in [0.717, 1.165) is 139 Å². The van der Waals surface area contributed by atoms with Crippen molar-refractivity contribution in [2.24, 2.45) is 7.05 Å². The van der Waals surface area contributed by atoms with Gasteiger partial charge in [-0.3, -0.25) is 24.6 Å². The lowest BCUT2D eigenvalue weighted by Gasteiger charge is -2.45. The maximum Gasteiger partial charge on any atom is 0.407 e. The first-order valence-electron chi connectivity index (χ1n) is 33.1. The Morgan fingerprint density at radius 2 is 1.52 bits per heavy atom. The number of likely N-dealkylation sites (tertiary alicyclic amines) is 1. The number of carbonyl (C=O) groups is 4. The van der Waals surface area contributed by atoms with Crippen molar-refractivity contribution in [2.45, 2.75) is 94.9 Å². The van der Waals surface area contributed by atoms with Crippen LogP contribution in [0.4, 0.5) is 21.2 Å². The third-order valence-corrected chi connectivity index (χ3v) is 18.8. The van der Waals surface area contributed by atoms with E-state index >= 15 is 0 Å². The molecule has 0 radical (unpaired) electrons. The number of H-pyrrole nitrogens is 1. The lowest BCUT2D eigenvalue weighted by atomic mass is 9.87. The number of alkyl carbamates (subject to hydrolysis) is 1. The molecule has 21 nitrogen and oxygen atoms in total. The van der Waals surface area contributed by atoms with Gasteiger partial charge in [0.1, 0.15) is 31.1 Å². The summed E-state index contributed by atoms with van der Waals surface area (Å²) in [4.78, 5) is 84.7. The zero-order chi connectivity index (χ0) is 66.1. The van der Waals surface area contributed by atoms with Crippen LogP contribution in [0.25, 0.3) is 44.1 Å². The molecule has 4 fully saturated rings. The van der Waals surface area contributed by atoms with Crippen LogP contribution in [0.5, 0.6) is 5.75 Å². The highest BCUT2D eigenvalue weighted by atomic mass is 16.6. The Morgan fingerprint density at radius 1 is 0.789 bits per heavy atom. The number of imide groups is 1. The van der Waals surface area contributed by atoms with Crippen molar-refractivity contribution in [1.29, 1.82) is 0 Å². The van der Waals surface area contributed by atoms with Crippen LogP contribution in [0, 0.1) is 11.8 Å². The van der Waals surface area contributed by atoms with Crippen LogP contribution < -0.4 is 46.7 Å². The van der Waals surface area contributed by atoms with Crippen LogP contribution in [0.15, 0.2) is 139 Å². The van der Waals surface area contributed by atoms with Crippen molar-refractivity contribution in [1.82, 2.24) is 51.0 Å². The normalized spacial score (nSPS) is 17.0. The average molecular weight is 1290 g/mol. The summed E-state index contributed by atoms with van der Waals surface area (Å²) in [6, 6.07) is 39.7. The highest BCUT2D eigenvalue weighted by Gasteiger charge is 2.45. The molecule has 494 valence electrons. The van der Waals surface area contributed by atoms with Gasteiger partial charge in [-0.05, 0) is 128 Å². The van der Waals surface area contributed by atoms with Crippen molar-refractivity contribution in [3.05, 3.63) is 172 Å². The number of benzene rings is 5. The van der Waals surface area contributed by atoms with Gasteiger partial charge in [0.25, 0.3) is 5.56 Å². The van der Waals surface area contributed by atoms with Gasteiger partial charge in [0, 0.05) is 98.0 Å². The number of rotatable bonds is 21. The molecular formula is C74H84N12O9. The molecule has 3 aromatic heterocycles. The molecule has 0 spiro atoms. The fraction of sp³-hybridized carbons (Fsp3) is 0.392. The third-order valence-electron chi connectivity index (χ3n) is 18.8. The number of nitrogens with zero attached hydrogens (tertiary/aromatic N) is 6. The second-order valence-electron chi connectivity index (χ2n) is 25.2. The molecule has 2 aliphatic carbocycles. The van der Waals surface area contributed by atoms with Gasteiger partial charge in [0.15, 0.2) is 5.60 Å². The van der Waals surface area contributed by atoms with Crippen molar-refractivity contribution >= 4 is 57.4 Å². The number of amides is 5. The predicted molar refractivity (Wildman–Crippen MR) is 367 cm³/mol. The average Bonchev–Trinajstić information content (AvgIpc) is 1.73. The molecule has 13 rings (SSSR count). The summed E-state index contributed by atoms with van der Waals surface area (Å²) < 4.78 is 26.7. The van der Waals surface area contributed by atoms with Crippen LogP contribution >= 0.6 is 0 Å². The molecule has 21 heteroatoms. The largest absolute Gasteiger partial charge is 0.495 e. The number of urea groups is 1. The molecule has 1 saturated carbocycles. The summed E-state index contributed by atoms with van der Waals surface area (Å²) >= 11 is 0. The van der Waals surface area contributed by atoms with Gasteiger partial charge in [0.2, 0.25) is 17.8 Å². The fourth-order valence-corrected chi connectivity index (χ4v) is 13.5. The van der Waals surface area contributed by atoms with Crippen LogP contribution in [-0.2, 0) is 36.4 Å². The van der Waals surface area contributed by atoms with Gasteiger partial charge < -0.3 is 59.6 Å². The van der Waals surface area contributed by atoms with E-state index in [2.05, 4.69) is 104 Å². The lowest BCUT2D eigenvalue weighted by Crippen LogP contribution is -2.55. The first-order chi connectivity index (χ1) is 46.2. The summed E-state index contributed by atoms with van der Waals surface area (Å²) in [5.74, 6) is 6.79. The number of fused-ring (bicyclic) bond motifs is 5. The molecule has 95 heavy (non-hydrogen) atoms. The van der Waals surface area contributed by atoms with E-state index in [1.165, 1.54) is 4.90 Å². The SMILES string of the molecule is CCNCC.COc1ccc(C#CCNC2(C)CCN(C3CCN(c4nc(C(COCNC(=O)CNC(=O)OCC5c6ccccc6-c6ccccc65)(OC5CC5)c5ccccc5)c5cc(-c6cn(C)c(=O)c7[nH]ccc67)ccc5n4)CC3)CC2)cc1N1CCC(=O)NC1=O. The zero-order valence-corrected chi connectivity index (χ0v) is 54.7. The Labute approximate surface area is 553 Å². The van der Waals surface area contributed by atoms with E-state index in [4.69, 9.17) is 28.9 Å². The standard InChI is InChI=1S/C70H73N11O9.C4H11N/c1-69(74-31-11-12-45-19-24-60(87-3)59(38-45)81-35-28-61(82)76-67(81)85)29-36-79(37-30-69)48-26-33-80(34-27-48)66-75-58-23-20-46(56-41-78(2)65(84)63-54(56)25-32-71-63)39-55(58)64(77-66)70(90-49-21-22-49,47-13-5-4-6-14-47)43-88-44-73-62(83)40-72-68(86)89-42-57-52-17-9-7-15-50(52)51-16-8-10-18-53(51)57;1-3-5-4-2/h4-10,13-20,23-25,32,38-39,41,48-49,57,71,74H,21-22,26-31,33-37,40,42-44H2,1-3H3,(H,72,86)(H,73,83)(H,76,82,85);5H,3-4H2,1-2H3. The molecule has 5 aromatic carbocycles. The maximum atomic E-state index is 13.4. The highest BCUT2D eigenvalue weighted by molar-refractivity contribution is 6.06. The molecule has 6 heterocycles. The van der Waals surface area contributed by atoms with E-state index in [1.54, 1.807) is 31.0 Å². The molecule has 3 saturated heterocycles. The van der Waals surface area contributed by atoms with E-state index in [1.807, 2.05) is 91.1 Å². The second-order valence-corrected chi connectivity index (χ2v) is 25.2. The molecule has 3 aliphatic heterocycles. The minimum Gasteiger partial charge on any atom is -0.495 e. The van der Waals surface area contributed by atoms with Crippen LogP contribution in [0.2, 0.25) is 0 Å². The second kappa shape index (κ2) is 29.5. The zero-order valence-electron chi connectivity index (χ0n) is 54.7. The highest BCUT2D eigenvalue weighted by Crippen LogP contribution is 2.46. The Kier molecular flexibility index (Phi) is 20.4. The van der Waals surface area contributed by atoms with Gasteiger partial charge in [-0.1, -0.05) is 111 Å². The summed E-state index contributed by atoms with van der Waals surface area (Å²) in [6.45, 7) is 12.4. The number of pyridine rings is 1. The first kappa shape index (κ1) is 65.6. The quantitative estimate of drug-likeness (QED) is 0.0224. The van der Waals surface area contributed by atoms with Crippen LogP contribution in [0.1, 0.15) is 99.6 Å². The number of carbonyl (C=O) groups excluding carboxylic acids is 4. The number of ether oxygens (including phenoxy) is 4. The van der Waals surface area contributed by atoms with Crippen LogP contribution in [-0.4, -0.2) is 152 Å². The smallest absolute Gasteiger partial charge is 0.407 e. The molecule has 0 bridgehead atoms. The van der Waals surface area contributed by atoms with E-state index < -0.39 is 23.6 Å². The van der Waals surface area contributed by atoms with Gasteiger partial charge in [0.05, 0.1) is 43.3 Å². The van der Waals surface area contributed by atoms with Crippen molar-refractivity contribution in [2.75, 3.05) is 95.8 Å². The Hall–Kier alpha value is -9.43. The van der Waals surface area contributed by atoms with E-state index in [0.29, 0.717) is 41.2 Å². The van der Waals surface area contributed by atoms with Crippen molar-refractivity contribution in [3.63, 3.8) is 0 Å². The van der Waals surface area contributed by atoms with Crippen LogP contribution in [0.3, 0.4) is 0 Å². The van der Waals surface area contributed by atoms with Gasteiger partial charge in [-0.25, -0.2) is 19.6 Å². The molecule has 8 aromatic rings. The minimum atomic E-state index is -1.29. The first-order valence-corrected chi connectivity index (χ1v) is 33.1. The molecule has 5 aliphatic rings. The number of anilines is 2. The Morgan fingerprint density at radius 3 is 2.21 bits per heavy atom. The molecule has 1 atom stereocenters. The Balaban J connectivity index is 0.00000167. The van der Waals surface area contributed by atoms with Gasteiger partial charge in [-0.2, -0.15) is 0 Å². The molecule has 5 amide bonds. The number of piperidine rings is 2. The summed E-state index contributed by atoms with van der Waals surface area (Å²) in [7, 11) is 3.31. The van der Waals surface area contributed by atoms with Crippen molar-refractivity contribution in [3.8, 4) is 39.8 Å².